The van der Waals surface area contributed by atoms with Gasteiger partial charge >= 0.3 is 5.97 Å². The van der Waals surface area contributed by atoms with Gasteiger partial charge in [0.25, 0.3) is 0 Å². The Kier molecular flexibility index (Phi) is 3.56. The summed E-state index contributed by atoms with van der Waals surface area (Å²) in [5.74, 6) is -3.95. The number of fused-ring (bicyclic) bond motifs is 2. The Hall–Kier alpha value is -1.75. The number of hydrogen-bond donors (Lipinski definition) is 0. The molecule has 0 amide bonds. The average Bonchev–Trinajstić information content (AvgIpc) is 2.70. The maximum absolute atomic E-state index is 14.6. The summed E-state index contributed by atoms with van der Waals surface area (Å²) >= 11 is 5.97. The molecule has 0 heterocycles. The van der Waals surface area contributed by atoms with Gasteiger partial charge in [-0.1, -0.05) is 23.7 Å². The Morgan fingerprint density at radius 1 is 1.41 bits per heavy atom. The molecular formula is C16H13ClF2O3. The van der Waals surface area contributed by atoms with Gasteiger partial charge in [-0.25, -0.2) is 8.78 Å². The smallest absolute Gasteiger partial charge is 0.316 e. The highest BCUT2D eigenvalue weighted by molar-refractivity contribution is 6.32. The Morgan fingerprint density at radius 3 is 2.77 bits per heavy atom. The van der Waals surface area contributed by atoms with E-state index in [9.17, 15) is 18.4 Å². The molecule has 3 nitrogen and oxygen atoms in total. The first-order valence-corrected chi connectivity index (χ1v) is 7.26. The van der Waals surface area contributed by atoms with Crippen molar-refractivity contribution in [2.45, 2.75) is 24.7 Å². The molecule has 1 saturated carbocycles. The van der Waals surface area contributed by atoms with Gasteiger partial charge in [0.1, 0.15) is 17.5 Å². The first-order valence-electron chi connectivity index (χ1n) is 6.88. The van der Waals surface area contributed by atoms with Crippen LogP contribution in [0.25, 0.3) is 5.83 Å². The van der Waals surface area contributed by atoms with Crippen molar-refractivity contribution in [3.63, 3.8) is 0 Å². The molecule has 0 saturated heterocycles. The molecule has 22 heavy (non-hydrogen) atoms. The number of halogens is 3. The topological polar surface area (TPSA) is 43.4 Å². The molecule has 2 atom stereocenters. The molecule has 0 N–H and O–H groups in total. The molecule has 0 radical (unpaired) electrons. The second-order valence-electron chi connectivity index (χ2n) is 5.63. The number of benzene rings is 1. The standard InChI is InChI=1S/C16H13ClF2O3/c1-22-15(21)8-5-6-16(7-11(8)20)9-3-2-4-10(17)12(9)13(18)14(16)19/h2-4,8H,5-7H2,1H3/t8?,16-/m1/s1. The molecule has 1 spiro atoms. The number of esters is 1. The number of carbonyl (C=O) groups is 2. The van der Waals surface area contributed by atoms with Crippen LogP contribution in [0.1, 0.15) is 30.4 Å². The molecule has 6 heteroatoms. The molecule has 2 aliphatic carbocycles. The van der Waals surface area contributed by atoms with E-state index in [-0.39, 0.29) is 29.8 Å². The van der Waals surface area contributed by atoms with Crippen LogP contribution >= 0.6 is 11.6 Å². The highest BCUT2D eigenvalue weighted by Gasteiger charge is 2.53. The van der Waals surface area contributed by atoms with Crippen LogP contribution in [0.15, 0.2) is 24.0 Å². The van der Waals surface area contributed by atoms with Crippen LogP contribution in [-0.2, 0) is 19.7 Å². The predicted molar refractivity (Wildman–Crippen MR) is 76.6 cm³/mol. The third kappa shape index (κ3) is 1.92. The second-order valence-corrected chi connectivity index (χ2v) is 6.04. The first-order chi connectivity index (χ1) is 10.4. The van der Waals surface area contributed by atoms with Crippen molar-refractivity contribution in [1.82, 2.24) is 0 Å². The van der Waals surface area contributed by atoms with Crippen LogP contribution in [0.3, 0.4) is 0 Å². The normalized spacial score (nSPS) is 27.3. The zero-order chi connectivity index (χ0) is 16.1. The van der Waals surface area contributed by atoms with E-state index in [4.69, 9.17) is 11.6 Å². The summed E-state index contributed by atoms with van der Waals surface area (Å²) < 4.78 is 33.4. The fraction of sp³-hybridized carbons (Fsp3) is 0.375. The van der Waals surface area contributed by atoms with Crippen LogP contribution in [0.4, 0.5) is 8.78 Å². The van der Waals surface area contributed by atoms with E-state index in [1.54, 1.807) is 12.1 Å². The van der Waals surface area contributed by atoms with Crippen molar-refractivity contribution in [3.05, 3.63) is 40.2 Å². The lowest BCUT2D eigenvalue weighted by Crippen LogP contribution is -2.40. The number of ketones is 1. The molecule has 0 bridgehead atoms. The Bertz CT molecular complexity index is 713. The second kappa shape index (κ2) is 5.16. The van der Waals surface area contributed by atoms with Crippen LogP contribution in [0.5, 0.6) is 0 Å². The zero-order valence-corrected chi connectivity index (χ0v) is 12.5. The number of hydrogen-bond acceptors (Lipinski definition) is 3. The summed E-state index contributed by atoms with van der Waals surface area (Å²) in [6.45, 7) is 0. The number of allylic oxidation sites excluding steroid dienone is 1. The van der Waals surface area contributed by atoms with Crippen molar-refractivity contribution in [2.75, 3.05) is 7.11 Å². The Morgan fingerprint density at radius 2 is 2.14 bits per heavy atom. The van der Waals surface area contributed by atoms with E-state index in [1.807, 2.05) is 0 Å². The lowest BCUT2D eigenvalue weighted by Gasteiger charge is -2.35. The first kappa shape index (κ1) is 15.2. The SMILES string of the molecule is COC(=O)C1CC[C@]2(CC1=O)C(F)=C(F)c1c(Cl)cccc12. The van der Waals surface area contributed by atoms with E-state index in [0.29, 0.717) is 5.56 Å². The predicted octanol–water partition coefficient (Wildman–Crippen LogP) is 3.74. The van der Waals surface area contributed by atoms with E-state index >= 15 is 0 Å². The van der Waals surface area contributed by atoms with Gasteiger partial charge < -0.3 is 4.74 Å². The van der Waals surface area contributed by atoms with Gasteiger partial charge in [0.2, 0.25) is 0 Å². The zero-order valence-electron chi connectivity index (χ0n) is 11.8. The molecule has 1 aromatic carbocycles. The van der Waals surface area contributed by atoms with Crippen molar-refractivity contribution in [1.29, 1.82) is 0 Å². The number of ether oxygens (including phenoxy) is 1. The molecule has 2 aliphatic rings. The van der Waals surface area contributed by atoms with Crippen LogP contribution in [-0.4, -0.2) is 18.9 Å². The van der Waals surface area contributed by atoms with Crippen LogP contribution in [0, 0.1) is 5.92 Å². The molecule has 0 aromatic heterocycles. The number of rotatable bonds is 1. The van der Waals surface area contributed by atoms with Crippen LogP contribution in [0.2, 0.25) is 5.02 Å². The number of Topliss-reactive ketones (excluding diaryl/α,β-unsaturated/α-hetero) is 1. The summed E-state index contributed by atoms with van der Waals surface area (Å²) in [6.07, 6.45) is 0.0165. The van der Waals surface area contributed by atoms with Gasteiger partial charge in [0.05, 0.1) is 17.5 Å². The van der Waals surface area contributed by atoms with E-state index in [0.717, 1.165) is 0 Å². The molecule has 1 aromatic rings. The summed E-state index contributed by atoms with van der Waals surface area (Å²) in [7, 11) is 1.20. The number of carbonyl (C=O) groups excluding carboxylic acids is 2. The van der Waals surface area contributed by atoms with E-state index in [2.05, 4.69) is 4.74 Å². The van der Waals surface area contributed by atoms with Gasteiger partial charge in [0.15, 0.2) is 5.83 Å². The lowest BCUT2D eigenvalue weighted by molar-refractivity contribution is -0.151. The molecule has 1 fully saturated rings. The van der Waals surface area contributed by atoms with Gasteiger partial charge in [-0.2, -0.15) is 0 Å². The minimum Gasteiger partial charge on any atom is -0.468 e. The van der Waals surface area contributed by atoms with Gasteiger partial charge in [-0.15, -0.1) is 0 Å². The van der Waals surface area contributed by atoms with Gasteiger partial charge in [-0.05, 0) is 24.5 Å². The van der Waals surface area contributed by atoms with E-state index in [1.165, 1.54) is 13.2 Å². The lowest BCUT2D eigenvalue weighted by atomic mass is 9.67. The monoisotopic (exact) mass is 326 g/mol. The maximum Gasteiger partial charge on any atom is 0.316 e. The summed E-state index contributed by atoms with van der Waals surface area (Å²) in [4.78, 5) is 23.8. The van der Waals surface area contributed by atoms with Gasteiger partial charge in [-0.3, -0.25) is 9.59 Å². The minimum absolute atomic E-state index is 0.0194. The minimum atomic E-state index is -1.34. The Balaban J connectivity index is 2.05. The van der Waals surface area contributed by atoms with E-state index < -0.39 is 34.7 Å². The fourth-order valence-corrected chi connectivity index (χ4v) is 3.71. The fourth-order valence-electron chi connectivity index (χ4n) is 3.45. The summed E-state index contributed by atoms with van der Waals surface area (Å²) in [5.41, 5.74) is -0.941. The van der Waals surface area contributed by atoms with Crippen molar-refractivity contribution in [2.24, 2.45) is 5.92 Å². The quantitative estimate of drug-likeness (QED) is 0.583. The largest absolute Gasteiger partial charge is 0.468 e. The molecule has 0 aliphatic heterocycles. The summed E-state index contributed by atoms with van der Waals surface area (Å²) in [5, 5.41) is 0.115. The van der Waals surface area contributed by atoms with Crippen LogP contribution < -0.4 is 0 Å². The van der Waals surface area contributed by atoms with Crippen molar-refractivity contribution >= 4 is 29.2 Å². The summed E-state index contributed by atoms with van der Waals surface area (Å²) in [6, 6.07) is 4.67. The molecule has 3 rings (SSSR count). The average molecular weight is 327 g/mol. The third-order valence-corrected chi connectivity index (χ3v) is 4.89. The maximum atomic E-state index is 14.6. The van der Waals surface area contributed by atoms with Crippen molar-refractivity contribution in [3.8, 4) is 0 Å². The number of methoxy groups -OCH3 is 1. The molecule has 116 valence electrons. The Labute approximate surface area is 130 Å². The molecule has 1 unspecified atom stereocenters. The third-order valence-electron chi connectivity index (χ3n) is 4.57. The van der Waals surface area contributed by atoms with Gasteiger partial charge in [0, 0.05) is 12.0 Å². The highest BCUT2D eigenvalue weighted by Crippen LogP contribution is 2.56. The van der Waals surface area contributed by atoms with Crippen molar-refractivity contribution < 1.29 is 23.1 Å². The molecular weight excluding hydrogens is 314 g/mol. The highest BCUT2D eigenvalue weighted by atomic mass is 35.5.